The molecule has 0 saturated carbocycles. The van der Waals surface area contributed by atoms with Crippen molar-refractivity contribution < 1.29 is 22.7 Å². The van der Waals surface area contributed by atoms with Gasteiger partial charge in [-0.15, -0.1) is 0 Å². The molecule has 1 rings (SSSR count). The zero-order valence-electron chi connectivity index (χ0n) is 12.5. The molecule has 1 atom stereocenters. The highest BCUT2D eigenvalue weighted by molar-refractivity contribution is 7.90. The Labute approximate surface area is 125 Å². The van der Waals surface area contributed by atoms with Crippen molar-refractivity contribution in [1.82, 2.24) is 5.32 Å². The third kappa shape index (κ3) is 5.73. The predicted molar refractivity (Wildman–Crippen MR) is 79.1 cm³/mol. The average molecular weight is 315 g/mol. The van der Waals surface area contributed by atoms with Gasteiger partial charge in [0.25, 0.3) is 0 Å². The Balaban J connectivity index is 2.73. The van der Waals surface area contributed by atoms with Crippen LogP contribution in [0.2, 0.25) is 0 Å². The summed E-state index contributed by atoms with van der Waals surface area (Å²) in [5.74, 6) is -0.0205. The minimum Gasteiger partial charge on any atom is -0.491 e. The van der Waals surface area contributed by atoms with E-state index in [0.717, 1.165) is 12.7 Å². The highest BCUT2D eigenvalue weighted by Crippen LogP contribution is 2.17. The molecule has 0 fully saturated rings. The number of hydrogen-bond donors (Lipinski definition) is 1. The summed E-state index contributed by atoms with van der Waals surface area (Å²) >= 11 is 0. The largest absolute Gasteiger partial charge is 0.491 e. The molecule has 0 aliphatic carbocycles. The fourth-order valence-electron chi connectivity index (χ4n) is 1.65. The van der Waals surface area contributed by atoms with Gasteiger partial charge in [0, 0.05) is 6.26 Å². The van der Waals surface area contributed by atoms with E-state index in [9.17, 15) is 13.2 Å². The fourth-order valence-corrected chi connectivity index (χ4v) is 2.30. The van der Waals surface area contributed by atoms with Gasteiger partial charge in [-0.3, -0.25) is 4.79 Å². The molecule has 0 bridgehead atoms. The Morgan fingerprint density at radius 2 is 2.10 bits per heavy atom. The van der Waals surface area contributed by atoms with Gasteiger partial charge in [-0.05, 0) is 31.2 Å². The van der Waals surface area contributed by atoms with Crippen molar-refractivity contribution >= 4 is 15.8 Å². The minimum absolute atomic E-state index is 0.0693. The zero-order chi connectivity index (χ0) is 15.9. The average Bonchev–Trinajstić information content (AvgIpc) is 2.46. The van der Waals surface area contributed by atoms with Crippen molar-refractivity contribution in [1.29, 1.82) is 0 Å². The lowest BCUT2D eigenvalue weighted by Gasteiger charge is -2.17. The topological polar surface area (TPSA) is 81.7 Å². The number of esters is 1. The lowest BCUT2D eigenvalue weighted by atomic mass is 10.3. The SMILES string of the molecule is CCCNC(COc1cccc(S(C)(=O)=O)c1)C(=O)OC. The Kier molecular flexibility index (Phi) is 6.64. The van der Waals surface area contributed by atoms with Crippen LogP contribution in [0.4, 0.5) is 0 Å². The van der Waals surface area contributed by atoms with Crippen LogP contribution in [-0.4, -0.2) is 46.9 Å². The van der Waals surface area contributed by atoms with Crippen molar-refractivity contribution in [3.05, 3.63) is 24.3 Å². The van der Waals surface area contributed by atoms with Gasteiger partial charge >= 0.3 is 5.97 Å². The van der Waals surface area contributed by atoms with Gasteiger partial charge in [-0.2, -0.15) is 0 Å². The maximum absolute atomic E-state index is 11.6. The van der Waals surface area contributed by atoms with E-state index in [1.54, 1.807) is 12.1 Å². The van der Waals surface area contributed by atoms with E-state index in [1.807, 2.05) is 6.92 Å². The monoisotopic (exact) mass is 315 g/mol. The molecule has 0 amide bonds. The van der Waals surface area contributed by atoms with Crippen LogP contribution in [0.1, 0.15) is 13.3 Å². The number of nitrogens with one attached hydrogen (secondary N) is 1. The third-order valence-electron chi connectivity index (χ3n) is 2.78. The Bertz CT molecular complexity index is 570. The first-order valence-electron chi connectivity index (χ1n) is 6.62. The minimum atomic E-state index is -3.29. The molecule has 0 aliphatic rings. The van der Waals surface area contributed by atoms with E-state index in [0.29, 0.717) is 12.3 Å². The van der Waals surface area contributed by atoms with E-state index >= 15 is 0 Å². The molecule has 118 valence electrons. The van der Waals surface area contributed by atoms with Crippen LogP contribution in [0.5, 0.6) is 5.75 Å². The van der Waals surface area contributed by atoms with Gasteiger partial charge in [0.2, 0.25) is 0 Å². The lowest BCUT2D eigenvalue weighted by Crippen LogP contribution is -2.42. The number of carbonyl (C=O) groups excluding carboxylic acids is 1. The molecule has 0 saturated heterocycles. The van der Waals surface area contributed by atoms with Crippen molar-refractivity contribution in [2.24, 2.45) is 0 Å². The summed E-state index contributed by atoms with van der Waals surface area (Å²) in [6.45, 7) is 2.71. The molecule has 0 aromatic heterocycles. The predicted octanol–water partition coefficient (Wildman–Crippen LogP) is 1.01. The first kappa shape index (κ1) is 17.5. The maximum Gasteiger partial charge on any atom is 0.326 e. The summed E-state index contributed by atoms with van der Waals surface area (Å²) in [5, 5.41) is 3.02. The highest BCUT2D eigenvalue weighted by Gasteiger charge is 2.19. The molecular formula is C14H21NO5S. The summed E-state index contributed by atoms with van der Waals surface area (Å²) in [7, 11) is -1.97. The lowest BCUT2D eigenvalue weighted by molar-refractivity contribution is -0.143. The molecular weight excluding hydrogens is 294 g/mol. The highest BCUT2D eigenvalue weighted by atomic mass is 32.2. The Hall–Kier alpha value is -1.60. The number of sulfone groups is 1. The quantitative estimate of drug-likeness (QED) is 0.721. The van der Waals surface area contributed by atoms with Crippen LogP contribution < -0.4 is 10.1 Å². The molecule has 0 heterocycles. The smallest absolute Gasteiger partial charge is 0.326 e. The van der Waals surface area contributed by atoms with Crippen LogP contribution >= 0.6 is 0 Å². The maximum atomic E-state index is 11.6. The van der Waals surface area contributed by atoms with E-state index in [-0.39, 0.29) is 11.5 Å². The number of rotatable bonds is 8. The Morgan fingerprint density at radius 3 is 2.67 bits per heavy atom. The van der Waals surface area contributed by atoms with Crippen LogP contribution in [0.25, 0.3) is 0 Å². The van der Waals surface area contributed by atoms with Gasteiger partial charge < -0.3 is 14.8 Å². The number of methoxy groups -OCH3 is 1. The van der Waals surface area contributed by atoms with E-state index in [1.165, 1.54) is 19.2 Å². The molecule has 1 aromatic carbocycles. The van der Waals surface area contributed by atoms with Gasteiger partial charge in [0.1, 0.15) is 18.4 Å². The van der Waals surface area contributed by atoms with Gasteiger partial charge in [0.15, 0.2) is 9.84 Å². The number of hydrogen-bond acceptors (Lipinski definition) is 6. The standard InChI is InChI=1S/C14H21NO5S/c1-4-8-15-13(14(16)19-2)10-20-11-6-5-7-12(9-11)21(3,17)18/h5-7,9,13,15H,4,8,10H2,1-3H3. The van der Waals surface area contributed by atoms with Crippen molar-refractivity contribution in [3.8, 4) is 5.75 Å². The van der Waals surface area contributed by atoms with E-state index in [2.05, 4.69) is 5.32 Å². The molecule has 1 aromatic rings. The van der Waals surface area contributed by atoms with Crippen molar-refractivity contribution in [3.63, 3.8) is 0 Å². The number of benzene rings is 1. The third-order valence-corrected chi connectivity index (χ3v) is 3.89. The first-order chi connectivity index (χ1) is 9.88. The second-order valence-corrected chi connectivity index (χ2v) is 6.60. The van der Waals surface area contributed by atoms with Crippen LogP contribution in [0, 0.1) is 0 Å². The van der Waals surface area contributed by atoms with Gasteiger partial charge in [-0.1, -0.05) is 13.0 Å². The van der Waals surface area contributed by atoms with Crippen LogP contribution in [0.3, 0.4) is 0 Å². The molecule has 0 spiro atoms. The van der Waals surface area contributed by atoms with E-state index < -0.39 is 21.8 Å². The van der Waals surface area contributed by atoms with Crippen molar-refractivity contribution in [2.45, 2.75) is 24.3 Å². The summed E-state index contributed by atoms with van der Waals surface area (Å²) < 4.78 is 33.1. The number of ether oxygens (including phenoxy) is 2. The molecule has 1 unspecified atom stereocenters. The molecule has 0 radical (unpaired) electrons. The van der Waals surface area contributed by atoms with Gasteiger partial charge in [-0.25, -0.2) is 8.42 Å². The van der Waals surface area contributed by atoms with Gasteiger partial charge in [0.05, 0.1) is 12.0 Å². The summed E-state index contributed by atoms with van der Waals surface area (Å²) in [4.78, 5) is 11.8. The molecule has 1 N–H and O–H groups in total. The second-order valence-electron chi connectivity index (χ2n) is 4.59. The second kappa shape index (κ2) is 7.99. The Morgan fingerprint density at radius 1 is 1.38 bits per heavy atom. The zero-order valence-corrected chi connectivity index (χ0v) is 13.3. The summed E-state index contributed by atoms with van der Waals surface area (Å²) in [6.07, 6.45) is 2.00. The summed E-state index contributed by atoms with van der Waals surface area (Å²) in [5.41, 5.74) is 0. The molecule has 7 heteroatoms. The molecule has 6 nitrogen and oxygen atoms in total. The van der Waals surface area contributed by atoms with E-state index in [4.69, 9.17) is 9.47 Å². The fraction of sp³-hybridized carbons (Fsp3) is 0.500. The van der Waals surface area contributed by atoms with Crippen LogP contribution in [-0.2, 0) is 19.4 Å². The first-order valence-corrected chi connectivity index (χ1v) is 8.51. The number of carbonyl (C=O) groups is 1. The molecule has 0 aliphatic heterocycles. The molecule has 21 heavy (non-hydrogen) atoms. The van der Waals surface area contributed by atoms with Crippen LogP contribution in [0.15, 0.2) is 29.2 Å². The summed E-state index contributed by atoms with van der Waals surface area (Å²) in [6, 6.07) is 5.58. The van der Waals surface area contributed by atoms with Crippen molar-refractivity contribution in [2.75, 3.05) is 26.5 Å². The normalized spacial score (nSPS) is 12.7.